The Hall–Kier alpha value is -0.610. The molecular formula is C18H39N2O2+. The minimum absolute atomic E-state index is 0.00634. The fourth-order valence-electron chi connectivity index (χ4n) is 2.54. The van der Waals surface area contributed by atoms with E-state index in [0.717, 1.165) is 32.4 Å². The molecule has 0 saturated carbocycles. The Morgan fingerprint density at radius 3 is 1.95 bits per heavy atom. The quantitative estimate of drug-likeness (QED) is 0.269. The number of hydroxylamine groups is 3. The van der Waals surface area contributed by atoms with Crippen molar-refractivity contribution < 1.29 is 14.6 Å². The molecule has 0 spiro atoms. The van der Waals surface area contributed by atoms with Crippen LogP contribution >= 0.6 is 0 Å². The van der Waals surface area contributed by atoms with E-state index in [1.807, 2.05) is 0 Å². The van der Waals surface area contributed by atoms with E-state index in [-0.39, 0.29) is 10.6 Å². The van der Waals surface area contributed by atoms with Crippen molar-refractivity contribution in [3.63, 3.8) is 0 Å². The lowest BCUT2D eigenvalue weighted by atomic mass is 10.1. The molecule has 22 heavy (non-hydrogen) atoms. The van der Waals surface area contributed by atoms with Gasteiger partial charge < -0.3 is 5.32 Å². The van der Waals surface area contributed by atoms with Gasteiger partial charge in [-0.2, -0.15) is 4.65 Å². The Morgan fingerprint density at radius 1 is 0.864 bits per heavy atom. The molecule has 0 aromatic rings. The van der Waals surface area contributed by atoms with Crippen LogP contribution in [0.1, 0.15) is 84.0 Å². The molecule has 0 radical (unpaired) electrons. The Labute approximate surface area is 137 Å². The van der Waals surface area contributed by atoms with Crippen LogP contribution in [0.25, 0.3) is 0 Å². The number of rotatable bonds is 15. The van der Waals surface area contributed by atoms with Gasteiger partial charge in [0.1, 0.15) is 6.54 Å². The van der Waals surface area contributed by atoms with Crippen molar-refractivity contribution in [2.45, 2.75) is 84.0 Å². The Morgan fingerprint density at radius 2 is 1.41 bits per heavy atom. The molecule has 1 amide bonds. The molecule has 0 aliphatic carbocycles. The van der Waals surface area contributed by atoms with E-state index < -0.39 is 0 Å². The highest BCUT2D eigenvalue weighted by Crippen LogP contribution is 2.10. The molecule has 0 atom stereocenters. The number of hydrogen-bond acceptors (Lipinski definition) is 2. The van der Waals surface area contributed by atoms with Crippen molar-refractivity contribution in [1.29, 1.82) is 0 Å². The summed E-state index contributed by atoms with van der Waals surface area (Å²) >= 11 is 0. The molecule has 4 heteroatoms. The first-order valence-electron chi connectivity index (χ1n) is 9.28. The summed E-state index contributed by atoms with van der Waals surface area (Å²) in [7, 11) is 3.53. The Balaban J connectivity index is 3.23. The Bertz CT molecular complexity index is 262. The van der Waals surface area contributed by atoms with Crippen molar-refractivity contribution in [3.05, 3.63) is 0 Å². The fraction of sp³-hybridized carbons (Fsp3) is 0.944. The lowest BCUT2D eigenvalue weighted by Crippen LogP contribution is -2.36. The molecule has 0 saturated heterocycles. The van der Waals surface area contributed by atoms with E-state index in [2.05, 4.69) is 12.2 Å². The first-order chi connectivity index (χ1) is 10.5. The number of unbranched alkanes of at least 4 members (excludes halogenated alkanes) is 9. The lowest BCUT2D eigenvalue weighted by molar-refractivity contribution is -1.07. The molecular weight excluding hydrogens is 276 g/mol. The lowest BCUT2D eigenvalue weighted by Gasteiger charge is -2.19. The zero-order valence-corrected chi connectivity index (χ0v) is 15.2. The van der Waals surface area contributed by atoms with Crippen LogP contribution in [0.4, 0.5) is 0 Å². The maximum absolute atomic E-state index is 11.6. The topological polar surface area (TPSA) is 49.3 Å². The summed E-state index contributed by atoms with van der Waals surface area (Å²) in [6.07, 6.45) is 14.1. The smallest absolute Gasteiger partial charge is 0.219 e. The molecule has 0 bridgehead atoms. The summed E-state index contributed by atoms with van der Waals surface area (Å²) in [5, 5.41) is 12.5. The third-order valence-electron chi connectivity index (χ3n) is 3.96. The minimum atomic E-state index is 0.00634. The zero-order chi connectivity index (χ0) is 16.7. The van der Waals surface area contributed by atoms with Gasteiger partial charge in [-0.15, -0.1) is 0 Å². The molecule has 0 aromatic carbocycles. The molecule has 0 aromatic heterocycles. The monoisotopic (exact) mass is 315 g/mol. The van der Waals surface area contributed by atoms with Crippen molar-refractivity contribution in [2.75, 3.05) is 27.2 Å². The first-order valence-corrected chi connectivity index (χ1v) is 9.28. The van der Waals surface area contributed by atoms with Gasteiger partial charge in [-0.25, -0.2) is 5.21 Å². The second kappa shape index (κ2) is 14.0. The van der Waals surface area contributed by atoms with Gasteiger partial charge in [0, 0.05) is 19.4 Å². The van der Waals surface area contributed by atoms with E-state index in [4.69, 9.17) is 0 Å². The SMILES string of the molecule is CCCCCCCCCCCC(=O)NCCCC[N+](C)(C)O. The predicted molar refractivity (Wildman–Crippen MR) is 92.8 cm³/mol. The molecule has 132 valence electrons. The second-order valence-corrected chi connectivity index (χ2v) is 6.98. The normalized spacial score (nSPS) is 11.6. The van der Waals surface area contributed by atoms with Crippen LogP contribution in [0.15, 0.2) is 0 Å². The third-order valence-corrected chi connectivity index (χ3v) is 3.96. The minimum Gasteiger partial charge on any atom is -0.356 e. The maximum atomic E-state index is 11.6. The molecule has 0 unspecified atom stereocenters. The van der Waals surface area contributed by atoms with Gasteiger partial charge in [0.15, 0.2) is 0 Å². The summed E-state index contributed by atoms with van der Waals surface area (Å²) in [4.78, 5) is 11.6. The average molecular weight is 316 g/mol. The van der Waals surface area contributed by atoms with Gasteiger partial charge in [0.25, 0.3) is 0 Å². The van der Waals surface area contributed by atoms with Crippen molar-refractivity contribution >= 4 is 5.91 Å². The summed E-state index contributed by atoms with van der Waals surface area (Å²) in [5.74, 6) is 0.181. The summed E-state index contributed by atoms with van der Waals surface area (Å²) < 4.78 is 0.00634. The number of nitrogens with one attached hydrogen (secondary N) is 1. The van der Waals surface area contributed by atoms with Gasteiger partial charge in [0.2, 0.25) is 5.91 Å². The number of carbonyl (C=O) groups is 1. The number of hydrogen-bond donors (Lipinski definition) is 2. The largest absolute Gasteiger partial charge is 0.356 e. The molecule has 0 rings (SSSR count). The van der Waals surface area contributed by atoms with Crippen molar-refractivity contribution in [1.82, 2.24) is 5.32 Å². The van der Waals surface area contributed by atoms with Crippen LogP contribution in [0.2, 0.25) is 0 Å². The molecule has 4 nitrogen and oxygen atoms in total. The highest BCUT2D eigenvalue weighted by atomic mass is 16.5. The first kappa shape index (κ1) is 21.4. The van der Waals surface area contributed by atoms with Crippen LogP contribution in [-0.4, -0.2) is 42.9 Å². The van der Waals surface area contributed by atoms with Crippen molar-refractivity contribution in [2.24, 2.45) is 0 Å². The summed E-state index contributed by atoms with van der Waals surface area (Å²) in [6.45, 7) is 3.71. The van der Waals surface area contributed by atoms with Crippen LogP contribution in [0.3, 0.4) is 0 Å². The van der Waals surface area contributed by atoms with Crippen LogP contribution < -0.4 is 5.32 Å². The molecule has 2 N–H and O–H groups in total. The number of nitrogens with zero attached hydrogens (tertiary/aromatic N) is 1. The van der Waals surface area contributed by atoms with E-state index in [1.165, 1.54) is 51.4 Å². The van der Waals surface area contributed by atoms with Gasteiger partial charge in [0.05, 0.1) is 14.1 Å². The Kier molecular flexibility index (Phi) is 13.6. The average Bonchev–Trinajstić information content (AvgIpc) is 2.44. The summed E-state index contributed by atoms with van der Waals surface area (Å²) in [6, 6.07) is 0. The number of carbonyl (C=O) groups excluding carboxylic acids is 1. The molecule has 0 aliphatic heterocycles. The van der Waals surface area contributed by atoms with Gasteiger partial charge >= 0.3 is 0 Å². The van der Waals surface area contributed by atoms with Crippen LogP contribution in [0, 0.1) is 0 Å². The standard InChI is InChI=1S/C18H38N2O2/c1-4-5-6-7-8-9-10-11-12-15-18(21)19-16-13-14-17-20(2,3)22/h22H,4-17H2,1-3H3/p+1. The van der Waals surface area contributed by atoms with Gasteiger partial charge in [-0.3, -0.25) is 4.79 Å². The van der Waals surface area contributed by atoms with Crippen molar-refractivity contribution in [3.8, 4) is 0 Å². The van der Waals surface area contributed by atoms with E-state index in [9.17, 15) is 10.0 Å². The number of quaternary nitrogens is 1. The van der Waals surface area contributed by atoms with E-state index in [0.29, 0.717) is 6.42 Å². The second-order valence-electron chi connectivity index (χ2n) is 6.98. The molecule has 0 fully saturated rings. The van der Waals surface area contributed by atoms with Gasteiger partial charge in [-0.1, -0.05) is 58.3 Å². The highest BCUT2D eigenvalue weighted by Gasteiger charge is 2.09. The predicted octanol–water partition coefficient (Wildman–Crippen LogP) is 4.27. The third kappa shape index (κ3) is 17.4. The number of amides is 1. The van der Waals surface area contributed by atoms with E-state index in [1.54, 1.807) is 14.1 Å². The van der Waals surface area contributed by atoms with E-state index >= 15 is 0 Å². The zero-order valence-electron chi connectivity index (χ0n) is 15.2. The fourth-order valence-corrected chi connectivity index (χ4v) is 2.54. The van der Waals surface area contributed by atoms with Gasteiger partial charge in [-0.05, 0) is 12.8 Å². The maximum Gasteiger partial charge on any atom is 0.219 e. The molecule has 0 heterocycles. The molecule has 0 aliphatic rings. The van der Waals surface area contributed by atoms with Crippen LogP contribution in [-0.2, 0) is 4.79 Å². The highest BCUT2D eigenvalue weighted by molar-refractivity contribution is 5.75. The van der Waals surface area contributed by atoms with Crippen LogP contribution in [0.5, 0.6) is 0 Å². The summed E-state index contributed by atoms with van der Waals surface area (Å²) in [5.41, 5.74) is 0.